The smallest absolute Gasteiger partial charge is 0.306 e. The fourth-order valence-electron chi connectivity index (χ4n) is 7.68. The van der Waals surface area contributed by atoms with Crippen LogP contribution in [0.3, 0.4) is 0 Å². The van der Waals surface area contributed by atoms with E-state index >= 15 is 0 Å². The van der Waals surface area contributed by atoms with Crippen molar-refractivity contribution in [2.24, 2.45) is 0 Å². The lowest BCUT2D eigenvalue weighted by Crippen LogP contribution is -2.46. The van der Waals surface area contributed by atoms with Crippen molar-refractivity contribution in [3.05, 3.63) is 48.6 Å². The van der Waals surface area contributed by atoms with Crippen LogP contribution in [0.4, 0.5) is 0 Å². The lowest BCUT2D eigenvalue weighted by Gasteiger charge is -2.24. The fourth-order valence-corrected chi connectivity index (χ4v) is 7.68. The molecule has 344 valence electrons. The van der Waals surface area contributed by atoms with E-state index in [1.165, 1.54) is 148 Å². The summed E-state index contributed by atoms with van der Waals surface area (Å²) in [7, 11) is 0. The number of hydrogen-bond donors (Lipinski definition) is 3. The molecule has 6 nitrogen and oxygen atoms in total. The predicted molar refractivity (Wildman–Crippen MR) is 255 cm³/mol. The van der Waals surface area contributed by atoms with E-state index in [-0.39, 0.29) is 24.9 Å². The topological polar surface area (TPSA) is 95.9 Å². The Morgan fingerprint density at radius 3 is 1.36 bits per heavy atom. The summed E-state index contributed by atoms with van der Waals surface area (Å²) >= 11 is 0. The average Bonchev–Trinajstić information content (AvgIpc) is 3.23. The SMILES string of the molecule is CC/C=C/C=C/C=C\C=C/CCCC(CC(=O)NC(CO)C(O)CCCCCCCCCCCCCCCC)OC(=O)CCCCCCCCCCCCCCCCC. The molecule has 0 aliphatic carbocycles. The van der Waals surface area contributed by atoms with Gasteiger partial charge >= 0.3 is 5.97 Å². The van der Waals surface area contributed by atoms with Crippen LogP contribution >= 0.6 is 0 Å². The van der Waals surface area contributed by atoms with Crippen LogP contribution in [0.2, 0.25) is 0 Å². The van der Waals surface area contributed by atoms with Crippen LogP contribution in [0.5, 0.6) is 0 Å². The first-order valence-electron chi connectivity index (χ1n) is 25.4. The number of amides is 1. The third kappa shape index (κ3) is 42.3. The highest BCUT2D eigenvalue weighted by atomic mass is 16.5. The molecule has 59 heavy (non-hydrogen) atoms. The molecule has 0 radical (unpaired) electrons. The Morgan fingerprint density at radius 1 is 0.508 bits per heavy atom. The zero-order valence-corrected chi connectivity index (χ0v) is 39.1. The van der Waals surface area contributed by atoms with Gasteiger partial charge in [0.05, 0.1) is 25.2 Å². The summed E-state index contributed by atoms with van der Waals surface area (Å²) in [4.78, 5) is 26.1. The maximum atomic E-state index is 13.2. The van der Waals surface area contributed by atoms with Gasteiger partial charge in [-0.25, -0.2) is 0 Å². The number of ether oxygens (including phenoxy) is 1. The summed E-state index contributed by atoms with van der Waals surface area (Å²) in [6, 6.07) is -0.720. The minimum atomic E-state index is -0.803. The van der Waals surface area contributed by atoms with Crippen molar-refractivity contribution >= 4 is 11.9 Å². The molecular formula is C53H97NO5. The molecule has 0 fully saturated rings. The van der Waals surface area contributed by atoms with E-state index in [1.54, 1.807) is 0 Å². The van der Waals surface area contributed by atoms with E-state index in [9.17, 15) is 19.8 Å². The molecule has 3 atom stereocenters. The third-order valence-electron chi connectivity index (χ3n) is 11.5. The van der Waals surface area contributed by atoms with E-state index in [0.29, 0.717) is 19.3 Å². The van der Waals surface area contributed by atoms with E-state index in [4.69, 9.17) is 4.74 Å². The van der Waals surface area contributed by atoms with Crippen molar-refractivity contribution in [2.45, 2.75) is 270 Å². The largest absolute Gasteiger partial charge is 0.462 e. The summed E-state index contributed by atoms with van der Waals surface area (Å²) < 4.78 is 5.89. The Bertz CT molecular complexity index is 1020. The Kier molecular flexibility index (Phi) is 45.1. The first-order valence-corrected chi connectivity index (χ1v) is 25.4. The molecule has 0 rings (SSSR count). The van der Waals surface area contributed by atoms with Gasteiger partial charge in [-0.3, -0.25) is 9.59 Å². The standard InChI is InChI=1S/C53H97NO5/c1-4-7-10-13-16-19-22-24-26-28-31-34-37-40-43-46-53(58)59-49(44-41-38-35-32-29-21-18-15-12-9-6-3)47-52(57)54-50(48-55)51(56)45-42-39-36-33-30-27-25-23-20-17-14-11-8-5-2/h9,12,15,18,21,29,32,35,49-51,55-56H,4-8,10-11,13-14,16-17,19-20,22-28,30-31,33-34,36-48H2,1-3H3,(H,54,57)/b12-9+,18-15+,29-21-,35-32-. The van der Waals surface area contributed by atoms with Gasteiger partial charge in [0.25, 0.3) is 0 Å². The number of hydrogen-bond acceptors (Lipinski definition) is 5. The summed E-state index contributed by atoms with van der Waals surface area (Å²) in [6.07, 6.45) is 56.1. The second-order valence-corrected chi connectivity index (χ2v) is 17.3. The quantitative estimate of drug-likeness (QED) is 0.0323. The molecule has 0 saturated carbocycles. The van der Waals surface area contributed by atoms with Crippen LogP contribution in [0.15, 0.2) is 48.6 Å². The lowest BCUT2D eigenvalue weighted by atomic mass is 10.0. The van der Waals surface area contributed by atoms with Gasteiger partial charge in [0.15, 0.2) is 0 Å². The molecule has 1 amide bonds. The van der Waals surface area contributed by atoms with E-state index in [2.05, 4.69) is 38.2 Å². The number of allylic oxidation sites excluding steroid dienone is 8. The molecule has 0 aliphatic rings. The van der Waals surface area contributed by atoms with Crippen LogP contribution in [0, 0.1) is 0 Å². The monoisotopic (exact) mass is 828 g/mol. The molecule has 0 aliphatic heterocycles. The minimum absolute atomic E-state index is 0.0341. The number of esters is 1. The van der Waals surface area contributed by atoms with Gasteiger partial charge in [-0.2, -0.15) is 0 Å². The number of carbonyl (C=O) groups excluding carboxylic acids is 2. The Balaban J connectivity index is 4.57. The van der Waals surface area contributed by atoms with Crippen molar-refractivity contribution in [2.75, 3.05) is 6.61 Å². The number of unbranched alkanes of at least 4 members (excludes halogenated alkanes) is 28. The number of carbonyl (C=O) groups is 2. The Hall–Kier alpha value is -2.18. The van der Waals surface area contributed by atoms with Gasteiger partial charge in [-0.1, -0.05) is 249 Å². The van der Waals surface area contributed by atoms with Crippen molar-refractivity contribution in [3.8, 4) is 0 Å². The summed E-state index contributed by atoms with van der Waals surface area (Å²) in [6.45, 7) is 6.33. The molecule has 0 spiro atoms. The van der Waals surface area contributed by atoms with Gasteiger partial charge in [-0.15, -0.1) is 0 Å². The number of nitrogens with one attached hydrogen (secondary N) is 1. The molecule has 0 heterocycles. The molecule has 0 bridgehead atoms. The van der Waals surface area contributed by atoms with Crippen molar-refractivity contribution in [1.29, 1.82) is 0 Å². The van der Waals surface area contributed by atoms with Crippen molar-refractivity contribution in [1.82, 2.24) is 5.32 Å². The molecule has 0 aromatic carbocycles. The van der Waals surface area contributed by atoms with Gasteiger partial charge in [0.2, 0.25) is 5.91 Å². The number of aliphatic hydroxyl groups excluding tert-OH is 2. The van der Waals surface area contributed by atoms with Crippen molar-refractivity contribution < 1.29 is 24.5 Å². The molecule has 6 heteroatoms. The number of rotatable bonds is 45. The zero-order valence-electron chi connectivity index (χ0n) is 39.1. The predicted octanol–water partition coefficient (Wildman–Crippen LogP) is 15.1. The first kappa shape index (κ1) is 56.8. The highest BCUT2D eigenvalue weighted by molar-refractivity contribution is 5.77. The third-order valence-corrected chi connectivity index (χ3v) is 11.5. The van der Waals surface area contributed by atoms with E-state index in [1.807, 2.05) is 36.5 Å². The maximum absolute atomic E-state index is 13.2. The second kappa shape index (κ2) is 46.9. The fraction of sp³-hybridized carbons (Fsp3) is 0.811. The van der Waals surface area contributed by atoms with E-state index < -0.39 is 18.2 Å². The van der Waals surface area contributed by atoms with Crippen LogP contribution in [0.1, 0.15) is 252 Å². The lowest BCUT2D eigenvalue weighted by molar-refractivity contribution is -0.151. The summed E-state index contributed by atoms with van der Waals surface area (Å²) in [5.41, 5.74) is 0. The van der Waals surface area contributed by atoms with Crippen LogP contribution in [0.25, 0.3) is 0 Å². The van der Waals surface area contributed by atoms with E-state index in [0.717, 1.165) is 57.8 Å². The average molecular weight is 828 g/mol. The van der Waals surface area contributed by atoms with Gasteiger partial charge in [-0.05, 0) is 38.5 Å². The van der Waals surface area contributed by atoms with Gasteiger partial charge < -0.3 is 20.3 Å². The normalized spacial score (nSPS) is 13.6. The van der Waals surface area contributed by atoms with Crippen LogP contribution in [-0.2, 0) is 14.3 Å². The molecule has 0 saturated heterocycles. The Labute approximate surface area is 366 Å². The molecule has 0 aromatic heterocycles. The highest BCUT2D eigenvalue weighted by Gasteiger charge is 2.24. The van der Waals surface area contributed by atoms with Crippen LogP contribution in [-0.4, -0.2) is 46.9 Å². The molecular weight excluding hydrogens is 731 g/mol. The second-order valence-electron chi connectivity index (χ2n) is 17.3. The van der Waals surface area contributed by atoms with Gasteiger partial charge in [0.1, 0.15) is 6.10 Å². The Morgan fingerprint density at radius 2 is 0.915 bits per heavy atom. The summed E-state index contributed by atoms with van der Waals surface area (Å²) in [5.74, 6) is -0.535. The molecule has 0 aromatic rings. The maximum Gasteiger partial charge on any atom is 0.306 e. The molecule has 3 N–H and O–H groups in total. The van der Waals surface area contributed by atoms with Crippen LogP contribution < -0.4 is 5.32 Å². The molecule has 3 unspecified atom stereocenters. The minimum Gasteiger partial charge on any atom is -0.462 e. The number of aliphatic hydroxyl groups is 2. The first-order chi connectivity index (χ1) is 29.0. The van der Waals surface area contributed by atoms with Crippen molar-refractivity contribution in [3.63, 3.8) is 0 Å². The zero-order chi connectivity index (χ0) is 43.1. The van der Waals surface area contributed by atoms with Gasteiger partial charge in [0, 0.05) is 6.42 Å². The highest BCUT2D eigenvalue weighted by Crippen LogP contribution is 2.18. The summed E-state index contributed by atoms with van der Waals surface area (Å²) in [5, 5.41) is 23.7.